The monoisotopic (exact) mass is 428 g/mol. The first-order chi connectivity index (χ1) is 12.4. The maximum atomic E-state index is 12.4. The molecule has 0 saturated heterocycles. The molecule has 9 heteroatoms. The number of imide groups is 1. The summed E-state index contributed by atoms with van der Waals surface area (Å²) in [7, 11) is 1.13. The topological polar surface area (TPSA) is 116 Å². The van der Waals surface area contributed by atoms with Crippen molar-refractivity contribution in [2.24, 2.45) is 5.73 Å². The van der Waals surface area contributed by atoms with Gasteiger partial charge in [0, 0.05) is 6.42 Å². The van der Waals surface area contributed by atoms with Crippen molar-refractivity contribution in [3.63, 3.8) is 0 Å². The second-order valence-electron chi connectivity index (χ2n) is 5.36. The molecule has 8 nitrogen and oxygen atoms in total. The number of nitrogens with zero attached hydrogens (tertiary/aromatic N) is 1. The average Bonchev–Trinajstić information content (AvgIpc) is 2.67. The van der Waals surface area contributed by atoms with Crippen molar-refractivity contribution >= 4 is 39.7 Å². The van der Waals surface area contributed by atoms with Crippen molar-refractivity contribution in [2.75, 3.05) is 19.0 Å². The van der Waals surface area contributed by atoms with E-state index in [0.29, 0.717) is 4.90 Å². The van der Waals surface area contributed by atoms with E-state index in [4.69, 9.17) is 10.5 Å². The van der Waals surface area contributed by atoms with Crippen LogP contribution in [0.3, 0.4) is 0 Å². The Morgan fingerprint density at radius 2 is 1.85 bits per heavy atom. The minimum Gasteiger partial charge on any atom is -0.468 e. The molecule has 0 heterocycles. The van der Waals surface area contributed by atoms with Crippen LogP contribution in [0.15, 0.2) is 30.3 Å². The molecule has 0 fully saturated rings. The zero-order valence-corrected chi connectivity index (χ0v) is 15.9. The molecule has 2 N–H and O–H groups in total. The summed E-state index contributed by atoms with van der Waals surface area (Å²) in [5.74, 6) is -1.73. The summed E-state index contributed by atoms with van der Waals surface area (Å²) in [4.78, 5) is 48.1. The quantitative estimate of drug-likeness (QED) is 0.466. The number of carbonyl (C=O) groups excluding carboxylic acids is 4. The van der Waals surface area contributed by atoms with Gasteiger partial charge in [-0.1, -0.05) is 46.3 Å². The maximum Gasteiger partial charge on any atom is 0.417 e. The molecule has 0 spiro atoms. The van der Waals surface area contributed by atoms with Crippen LogP contribution in [-0.2, 0) is 30.5 Å². The van der Waals surface area contributed by atoms with Crippen molar-refractivity contribution in [2.45, 2.75) is 25.5 Å². The fourth-order valence-corrected chi connectivity index (χ4v) is 2.21. The molecule has 2 amide bonds. The van der Waals surface area contributed by atoms with Crippen LogP contribution in [0.25, 0.3) is 0 Å². The Hall–Kier alpha value is -2.26. The zero-order valence-electron chi connectivity index (χ0n) is 14.4. The number of esters is 1. The number of halogens is 1. The number of carbonyl (C=O) groups is 4. The van der Waals surface area contributed by atoms with E-state index in [0.717, 1.165) is 12.7 Å². The maximum absolute atomic E-state index is 12.4. The van der Waals surface area contributed by atoms with Crippen LogP contribution in [0, 0.1) is 0 Å². The largest absolute Gasteiger partial charge is 0.468 e. The zero-order chi connectivity index (χ0) is 19.5. The van der Waals surface area contributed by atoms with Gasteiger partial charge >= 0.3 is 12.1 Å². The molecule has 0 aromatic heterocycles. The number of ether oxygens (including phenoxy) is 2. The lowest BCUT2D eigenvalue weighted by Crippen LogP contribution is -2.49. The standard InChI is InChI=1S/C17H21BrN2O6/c1-25-15(22)10-20(16(23)14(19)8-7-13(21)9-18)17(24)26-11-12-5-3-2-4-6-12/h2-6,14H,7-11,19H2,1H3/t14-/m0/s1. The van der Waals surface area contributed by atoms with Crippen molar-refractivity contribution in [3.8, 4) is 0 Å². The number of Topliss-reactive ketones (excluding diaryl/α,β-unsaturated/α-hetero) is 1. The van der Waals surface area contributed by atoms with Gasteiger partial charge in [-0.3, -0.25) is 14.4 Å². The first kappa shape index (κ1) is 21.8. The van der Waals surface area contributed by atoms with Gasteiger partial charge in [0.2, 0.25) is 5.91 Å². The summed E-state index contributed by atoms with van der Waals surface area (Å²) in [6, 6.07) is 7.74. The molecule has 1 aromatic carbocycles. The lowest BCUT2D eigenvalue weighted by molar-refractivity contribution is -0.146. The molecule has 1 rings (SSSR count). The molecule has 0 aliphatic carbocycles. The van der Waals surface area contributed by atoms with Crippen LogP contribution in [0.1, 0.15) is 18.4 Å². The number of hydrogen-bond donors (Lipinski definition) is 1. The Labute approximate surface area is 159 Å². The fourth-order valence-electron chi connectivity index (χ4n) is 1.93. The molecule has 0 aliphatic heterocycles. The van der Waals surface area contributed by atoms with Gasteiger partial charge in [0.25, 0.3) is 0 Å². The Morgan fingerprint density at radius 3 is 2.42 bits per heavy atom. The molecule has 0 aliphatic rings. The van der Waals surface area contributed by atoms with E-state index in [2.05, 4.69) is 20.7 Å². The van der Waals surface area contributed by atoms with Gasteiger partial charge in [-0.25, -0.2) is 9.69 Å². The van der Waals surface area contributed by atoms with Crippen LogP contribution in [0.2, 0.25) is 0 Å². The van der Waals surface area contributed by atoms with E-state index in [-0.39, 0.29) is 30.6 Å². The fraction of sp³-hybridized carbons (Fsp3) is 0.412. The lowest BCUT2D eigenvalue weighted by atomic mass is 10.1. The Morgan fingerprint density at radius 1 is 1.19 bits per heavy atom. The van der Waals surface area contributed by atoms with Gasteiger partial charge in [0.15, 0.2) is 0 Å². The second kappa shape index (κ2) is 11.4. The van der Waals surface area contributed by atoms with Crippen LogP contribution in [0.5, 0.6) is 0 Å². The lowest BCUT2D eigenvalue weighted by Gasteiger charge is -2.22. The summed E-state index contributed by atoms with van der Waals surface area (Å²) >= 11 is 3.02. The number of hydrogen-bond acceptors (Lipinski definition) is 7. The number of nitrogens with two attached hydrogens (primary N) is 1. The number of rotatable bonds is 9. The van der Waals surface area contributed by atoms with Crippen molar-refractivity contribution < 1.29 is 28.7 Å². The SMILES string of the molecule is COC(=O)CN(C(=O)OCc1ccccc1)C(=O)[C@@H](N)CCC(=O)CBr. The Bertz CT molecular complexity index is 637. The minimum atomic E-state index is -1.12. The summed E-state index contributed by atoms with van der Waals surface area (Å²) in [6.07, 6.45) is -0.887. The molecule has 142 valence electrons. The number of alkyl halides is 1. The summed E-state index contributed by atoms with van der Waals surface area (Å²) in [6.45, 7) is -0.690. The second-order valence-corrected chi connectivity index (χ2v) is 5.92. The summed E-state index contributed by atoms with van der Waals surface area (Å²) < 4.78 is 9.58. The number of ketones is 1. The molecule has 0 bridgehead atoms. The van der Waals surface area contributed by atoms with Crippen LogP contribution >= 0.6 is 15.9 Å². The van der Waals surface area contributed by atoms with E-state index < -0.39 is 30.6 Å². The van der Waals surface area contributed by atoms with Crippen LogP contribution in [-0.4, -0.2) is 53.7 Å². The first-order valence-electron chi connectivity index (χ1n) is 7.81. The molecule has 0 unspecified atom stereocenters. The van der Waals surface area contributed by atoms with Crippen LogP contribution < -0.4 is 5.73 Å². The van der Waals surface area contributed by atoms with Gasteiger partial charge in [0.1, 0.15) is 18.9 Å². The van der Waals surface area contributed by atoms with E-state index >= 15 is 0 Å². The molecule has 0 radical (unpaired) electrons. The third-order valence-corrected chi connectivity index (χ3v) is 4.03. The predicted molar refractivity (Wildman–Crippen MR) is 96.4 cm³/mol. The van der Waals surface area contributed by atoms with Crippen LogP contribution in [0.4, 0.5) is 4.79 Å². The van der Waals surface area contributed by atoms with Gasteiger partial charge in [-0.15, -0.1) is 0 Å². The number of benzene rings is 1. The third-order valence-electron chi connectivity index (χ3n) is 3.41. The van der Waals surface area contributed by atoms with E-state index in [1.165, 1.54) is 0 Å². The van der Waals surface area contributed by atoms with Crippen molar-refractivity contribution in [1.29, 1.82) is 0 Å². The van der Waals surface area contributed by atoms with E-state index in [9.17, 15) is 19.2 Å². The highest BCUT2D eigenvalue weighted by Crippen LogP contribution is 2.08. The summed E-state index contributed by atoms with van der Waals surface area (Å²) in [5.41, 5.74) is 6.49. The van der Waals surface area contributed by atoms with Gasteiger partial charge in [0.05, 0.1) is 18.5 Å². The molecule has 1 atom stereocenters. The minimum absolute atomic E-state index is 0.0485. The van der Waals surface area contributed by atoms with Gasteiger partial charge < -0.3 is 15.2 Å². The van der Waals surface area contributed by atoms with Crippen molar-refractivity contribution in [1.82, 2.24) is 4.90 Å². The molecular formula is C17H21BrN2O6. The smallest absolute Gasteiger partial charge is 0.417 e. The molecule has 26 heavy (non-hydrogen) atoms. The number of amides is 2. The highest BCUT2D eigenvalue weighted by Gasteiger charge is 2.30. The molecular weight excluding hydrogens is 408 g/mol. The van der Waals surface area contributed by atoms with Crippen molar-refractivity contribution in [3.05, 3.63) is 35.9 Å². The summed E-state index contributed by atoms with van der Waals surface area (Å²) in [5, 5.41) is 0.152. The normalized spacial score (nSPS) is 11.3. The molecule has 1 aromatic rings. The highest BCUT2D eigenvalue weighted by molar-refractivity contribution is 9.09. The average molecular weight is 429 g/mol. The van der Waals surface area contributed by atoms with E-state index in [1.54, 1.807) is 24.3 Å². The Balaban J connectivity index is 2.75. The van der Waals surface area contributed by atoms with E-state index in [1.807, 2.05) is 6.07 Å². The highest BCUT2D eigenvalue weighted by atomic mass is 79.9. The Kier molecular flexibility index (Phi) is 9.53. The predicted octanol–water partition coefficient (Wildman–Crippen LogP) is 1.40. The molecule has 0 saturated carbocycles. The third kappa shape index (κ3) is 7.32. The first-order valence-corrected chi connectivity index (χ1v) is 8.93. The number of methoxy groups -OCH3 is 1. The van der Waals surface area contributed by atoms with Gasteiger partial charge in [-0.05, 0) is 12.0 Å². The van der Waals surface area contributed by atoms with Gasteiger partial charge in [-0.2, -0.15) is 0 Å².